The zero-order valence-corrected chi connectivity index (χ0v) is 14.3. The predicted molar refractivity (Wildman–Crippen MR) is 89.4 cm³/mol. The van der Waals surface area contributed by atoms with Gasteiger partial charge in [-0.1, -0.05) is 27.7 Å². The molecular formula is C18H24N2O3. The minimum absolute atomic E-state index is 0.212. The quantitative estimate of drug-likeness (QED) is 0.943. The van der Waals surface area contributed by atoms with Gasteiger partial charge in [-0.15, -0.1) is 0 Å². The van der Waals surface area contributed by atoms with E-state index in [0.29, 0.717) is 5.56 Å². The van der Waals surface area contributed by atoms with Crippen molar-refractivity contribution in [2.24, 2.45) is 12.5 Å². The van der Waals surface area contributed by atoms with Crippen molar-refractivity contribution in [2.75, 3.05) is 0 Å². The van der Waals surface area contributed by atoms with E-state index in [-0.39, 0.29) is 22.9 Å². The van der Waals surface area contributed by atoms with Gasteiger partial charge >= 0.3 is 0 Å². The molecule has 124 valence electrons. The molecular weight excluding hydrogens is 292 g/mol. The van der Waals surface area contributed by atoms with E-state index in [0.717, 1.165) is 17.9 Å². The third kappa shape index (κ3) is 3.92. The van der Waals surface area contributed by atoms with Crippen LogP contribution >= 0.6 is 0 Å². The summed E-state index contributed by atoms with van der Waals surface area (Å²) in [6.07, 6.45) is 2.39. The summed E-state index contributed by atoms with van der Waals surface area (Å²) in [5.74, 6) is 1.33. The molecule has 0 aliphatic heterocycles. The molecule has 0 saturated carbocycles. The van der Waals surface area contributed by atoms with Crippen LogP contribution in [0.25, 0.3) is 0 Å². The monoisotopic (exact) mass is 316 g/mol. The molecule has 5 heteroatoms. The number of carbonyl (C=O) groups is 1. The van der Waals surface area contributed by atoms with Crippen molar-refractivity contribution in [2.45, 2.75) is 40.2 Å². The van der Waals surface area contributed by atoms with Crippen molar-refractivity contribution in [3.8, 4) is 0 Å². The Bertz CT molecular complexity index is 750. The third-order valence-corrected chi connectivity index (χ3v) is 3.82. The molecule has 2 heterocycles. The first kappa shape index (κ1) is 17.1. The second-order valence-corrected chi connectivity index (χ2v) is 6.79. The minimum Gasteiger partial charge on any atom is -0.464 e. The van der Waals surface area contributed by atoms with Crippen LogP contribution in [0.1, 0.15) is 55.6 Å². The van der Waals surface area contributed by atoms with E-state index in [1.165, 1.54) is 10.6 Å². The SMILES string of the molecule is CCc1ccc([C@H](NC(=O)c2ccn(C)c(=O)c2)C(C)(C)C)o1. The molecule has 0 unspecified atom stereocenters. The van der Waals surface area contributed by atoms with Gasteiger partial charge in [-0.2, -0.15) is 0 Å². The Morgan fingerprint density at radius 1 is 1.30 bits per heavy atom. The van der Waals surface area contributed by atoms with Crippen LogP contribution in [0.3, 0.4) is 0 Å². The average molecular weight is 316 g/mol. The van der Waals surface area contributed by atoms with E-state index in [9.17, 15) is 9.59 Å². The molecule has 0 fully saturated rings. The van der Waals surface area contributed by atoms with Crippen LogP contribution in [0, 0.1) is 5.41 Å². The number of hydrogen-bond donors (Lipinski definition) is 1. The molecule has 0 aliphatic rings. The summed E-state index contributed by atoms with van der Waals surface area (Å²) >= 11 is 0. The highest BCUT2D eigenvalue weighted by molar-refractivity contribution is 5.94. The van der Waals surface area contributed by atoms with Gasteiger partial charge in [0.25, 0.3) is 11.5 Å². The van der Waals surface area contributed by atoms with Crippen LogP contribution in [0.4, 0.5) is 0 Å². The van der Waals surface area contributed by atoms with Gasteiger partial charge in [0, 0.05) is 31.3 Å². The smallest absolute Gasteiger partial charge is 0.252 e. The van der Waals surface area contributed by atoms with Gasteiger partial charge in [0.05, 0.1) is 6.04 Å². The van der Waals surface area contributed by atoms with E-state index >= 15 is 0 Å². The first-order valence-electron chi connectivity index (χ1n) is 7.78. The van der Waals surface area contributed by atoms with E-state index in [1.54, 1.807) is 19.3 Å². The number of aryl methyl sites for hydroxylation is 2. The highest BCUT2D eigenvalue weighted by Gasteiger charge is 2.30. The predicted octanol–water partition coefficient (Wildman–Crippen LogP) is 3.06. The highest BCUT2D eigenvalue weighted by atomic mass is 16.3. The van der Waals surface area contributed by atoms with Crippen molar-refractivity contribution in [1.82, 2.24) is 9.88 Å². The van der Waals surface area contributed by atoms with Gasteiger partial charge in [-0.3, -0.25) is 9.59 Å². The lowest BCUT2D eigenvalue weighted by Crippen LogP contribution is -2.37. The maximum atomic E-state index is 12.5. The van der Waals surface area contributed by atoms with Crippen LogP contribution in [0.5, 0.6) is 0 Å². The zero-order chi connectivity index (χ0) is 17.2. The lowest BCUT2D eigenvalue weighted by molar-refractivity contribution is 0.0888. The second kappa shape index (κ2) is 6.44. The molecule has 0 aromatic carbocycles. The van der Waals surface area contributed by atoms with E-state index in [2.05, 4.69) is 5.32 Å². The van der Waals surface area contributed by atoms with Gasteiger partial charge in [0.1, 0.15) is 11.5 Å². The number of nitrogens with one attached hydrogen (secondary N) is 1. The largest absolute Gasteiger partial charge is 0.464 e. The average Bonchev–Trinajstić information content (AvgIpc) is 2.94. The van der Waals surface area contributed by atoms with Gasteiger partial charge in [-0.05, 0) is 23.6 Å². The van der Waals surface area contributed by atoms with Gasteiger partial charge in [-0.25, -0.2) is 0 Å². The van der Waals surface area contributed by atoms with Gasteiger partial charge in [0.2, 0.25) is 0 Å². The lowest BCUT2D eigenvalue weighted by atomic mass is 9.85. The summed E-state index contributed by atoms with van der Waals surface area (Å²) in [4.78, 5) is 24.2. The third-order valence-electron chi connectivity index (χ3n) is 3.82. The minimum atomic E-state index is -0.280. The Morgan fingerprint density at radius 3 is 2.52 bits per heavy atom. The number of furan rings is 1. The normalized spacial score (nSPS) is 12.9. The molecule has 23 heavy (non-hydrogen) atoms. The number of amides is 1. The fourth-order valence-corrected chi connectivity index (χ4v) is 2.36. The zero-order valence-electron chi connectivity index (χ0n) is 14.3. The number of rotatable bonds is 4. The second-order valence-electron chi connectivity index (χ2n) is 6.79. The lowest BCUT2D eigenvalue weighted by Gasteiger charge is -2.30. The van der Waals surface area contributed by atoms with E-state index in [4.69, 9.17) is 4.42 Å². The Kier molecular flexibility index (Phi) is 4.78. The molecule has 0 spiro atoms. The van der Waals surface area contributed by atoms with Crippen LogP contribution in [0.2, 0.25) is 0 Å². The molecule has 0 radical (unpaired) electrons. The van der Waals surface area contributed by atoms with Crippen LogP contribution < -0.4 is 10.9 Å². The summed E-state index contributed by atoms with van der Waals surface area (Å²) < 4.78 is 7.25. The Balaban J connectivity index is 2.29. The van der Waals surface area contributed by atoms with E-state index in [1.807, 2.05) is 39.8 Å². The fourth-order valence-electron chi connectivity index (χ4n) is 2.36. The van der Waals surface area contributed by atoms with Gasteiger partial charge < -0.3 is 14.3 Å². The molecule has 5 nitrogen and oxygen atoms in total. The number of nitrogens with zero attached hydrogens (tertiary/aromatic N) is 1. The first-order chi connectivity index (χ1) is 10.7. The molecule has 0 aliphatic carbocycles. The number of aromatic nitrogens is 1. The maximum absolute atomic E-state index is 12.5. The standard InChI is InChI=1S/C18H24N2O3/c1-6-13-7-8-14(23-13)16(18(2,3)4)19-17(22)12-9-10-20(5)15(21)11-12/h7-11,16H,6H2,1-5H3,(H,19,22)/t16-/m0/s1. The molecule has 1 atom stereocenters. The summed E-state index contributed by atoms with van der Waals surface area (Å²) in [6, 6.07) is 6.53. The van der Waals surface area contributed by atoms with Gasteiger partial charge in [0.15, 0.2) is 0 Å². The molecule has 0 saturated heterocycles. The van der Waals surface area contributed by atoms with E-state index < -0.39 is 0 Å². The summed E-state index contributed by atoms with van der Waals surface area (Å²) in [7, 11) is 1.65. The van der Waals surface area contributed by atoms with Crippen molar-refractivity contribution in [3.05, 3.63) is 57.9 Å². The van der Waals surface area contributed by atoms with Crippen molar-refractivity contribution in [3.63, 3.8) is 0 Å². The first-order valence-corrected chi connectivity index (χ1v) is 7.78. The Labute approximate surface area is 136 Å². The number of carbonyl (C=O) groups excluding carboxylic acids is 1. The molecule has 2 aromatic rings. The molecule has 1 amide bonds. The summed E-state index contributed by atoms with van der Waals surface area (Å²) in [6.45, 7) is 8.13. The Hall–Kier alpha value is -2.30. The summed E-state index contributed by atoms with van der Waals surface area (Å²) in [5.41, 5.74) is -0.0843. The molecule has 0 bridgehead atoms. The maximum Gasteiger partial charge on any atom is 0.252 e. The topological polar surface area (TPSA) is 64.2 Å². The molecule has 1 N–H and O–H groups in total. The fraction of sp³-hybridized carbons (Fsp3) is 0.444. The molecule has 2 aromatic heterocycles. The summed E-state index contributed by atoms with van der Waals surface area (Å²) in [5, 5.41) is 2.99. The highest BCUT2D eigenvalue weighted by Crippen LogP contribution is 2.34. The van der Waals surface area contributed by atoms with Crippen LogP contribution in [0.15, 0.2) is 39.7 Å². The van der Waals surface area contributed by atoms with Crippen molar-refractivity contribution >= 4 is 5.91 Å². The molecule has 2 rings (SSSR count). The van der Waals surface area contributed by atoms with Crippen LogP contribution in [-0.2, 0) is 13.5 Å². The number of hydrogen-bond acceptors (Lipinski definition) is 3. The van der Waals surface area contributed by atoms with Crippen molar-refractivity contribution < 1.29 is 9.21 Å². The van der Waals surface area contributed by atoms with Crippen LogP contribution in [-0.4, -0.2) is 10.5 Å². The Morgan fingerprint density at radius 2 is 2.00 bits per heavy atom. The van der Waals surface area contributed by atoms with Crippen molar-refractivity contribution in [1.29, 1.82) is 0 Å². The number of pyridine rings is 1.